The number of carboxylic acid groups (broad SMARTS) is 1. The first-order valence-electron chi connectivity index (χ1n) is 10.1. The minimum absolute atomic E-state index is 0.0212. The Bertz CT molecular complexity index is 1020. The third-order valence-electron chi connectivity index (χ3n) is 4.86. The Hall–Kier alpha value is -3.94. The molecule has 32 heavy (non-hydrogen) atoms. The molecule has 3 rings (SSSR count). The maximum absolute atomic E-state index is 12.6. The van der Waals surface area contributed by atoms with E-state index in [0.717, 1.165) is 5.56 Å². The van der Waals surface area contributed by atoms with Gasteiger partial charge in [-0.3, -0.25) is 14.4 Å². The highest BCUT2D eigenvalue weighted by molar-refractivity contribution is 6.23. The summed E-state index contributed by atoms with van der Waals surface area (Å²) in [4.78, 5) is 48.1. The second kappa shape index (κ2) is 10.9. The number of amides is 1. The first-order chi connectivity index (χ1) is 15.4. The Labute approximate surface area is 184 Å². The van der Waals surface area contributed by atoms with E-state index in [0.29, 0.717) is 23.3 Å². The van der Waals surface area contributed by atoms with E-state index in [1.165, 1.54) is 0 Å². The van der Waals surface area contributed by atoms with E-state index in [9.17, 15) is 19.2 Å². The summed E-state index contributed by atoms with van der Waals surface area (Å²) in [5.74, 6) is -1.59. The van der Waals surface area contributed by atoms with Gasteiger partial charge in [0.2, 0.25) is 0 Å². The number of nitrogens with one attached hydrogen (secondary N) is 1. The molecule has 8 heteroatoms. The Morgan fingerprint density at radius 1 is 0.969 bits per heavy atom. The molecule has 0 aromatic heterocycles. The molecule has 0 spiro atoms. The van der Waals surface area contributed by atoms with Crippen LogP contribution in [0.2, 0.25) is 0 Å². The lowest BCUT2D eigenvalue weighted by Crippen LogP contribution is -2.44. The molecule has 8 nitrogen and oxygen atoms in total. The van der Waals surface area contributed by atoms with Crippen LogP contribution in [0.25, 0.3) is 5.57 Å². The number of carboxylic acids is 1. The zero-order valence-electron chi connectivity index (χ0n) is 17.3. The zero-order valence-corrected chi connectivity index (χ0v) is 17.3. The molecule has 0 heterocycles. The fraction of sp³-hybridized carbons (Fsp3) is 0.250. The van der Waals surface area contributed by atoms with Crippen LogP contribution < -0.4 is 5.32 Å². The number of allylic oxidation sites excluding steroid dienone is 2. The summed E-state index contributed by atoms with van der Waals surface area (Å²) in [5, 5.41) is 11.4. The number of aliphatic carboxylic acids is 1. The van der Waals surface area contributed by atoms with Crippen molar-refractivity contribution in [1.82, 2.24) is 5.32 Å². The van der Waals surface area contributed by atoms with E-state index in [-0.39, 0.29) is 18.8 Å². The van der Waals surface area contributed by atoms with Gasteiger partial charge in [-0.25, -0.2) is 4.79 Å². The molecule has 1 atom stereocenters. The standard InChI is InChI=1S/C24H23NO7/c26-19-11-12-21(23(19)17-9-5-2-6-10-17)31-15-20(27)18(13-22(28)29)25-24(30)32-14-16-7-3-1-4-8-16/h1-10,18H,11-15H2,(H,25,30)(H,28,29)/t18-/m0/s1. The van der Waals surface area contributed by atoms with E-state index in [1.807, 2.05) is 12.1 Å². The van der Waals surface area contributed by atoms with Crippen molar-refractivity contribution in [2.24, 2.45) is 0 Å². The predicted molar refractivity (Wildman–Crippen MR) is 114 cm³/mol. The Balaban J connectivity index is 1.61. The average Bonchev–Trinajstić information content (AvgIpc) is 3.17. The van der Waals surface area contributed by atoms with Gasteiger partial charge in [0.05, 0.1) is 12.0 Å². The zero-order chi connectivity index (χ0) is 22.9. The summed E-state index contributed by atoms with van der Waals surface area (Å²) in [6.45, 7) is -0.498. The number of benzene rings is 2. The summed E-state index contributed by atoms with van der Waals surface area (Å²) in [7, 11) is 0. The molecule has 1 aliphatic carbocycles. The molecular weight excluding hydrogens is 414 g/mol. The summed E-state index contributed by atoms with van der Waals surface area (Å²) < 4.78 is 10.7. The second-order valence-corrected chi connectivity index (χ2v) is 7.20. The predicted octanol–water partition coefficient (Wildman–Crippen LogP) is 3.12. The van der Waals surface area contributed by atoms with Crippen molar-refractivity contribution in [3.05, 3.63) is 77.5 Å². The van der Waals surface area contributed by atoms with Crippen LogP contribution >= 0.6 is 0 Å². The molecule has 166 valence electrons. The van der Waals surface area contributed by atoms with Crippen LogP contribution in [0.1, 0.15) is 30.4 Å². The SMILES string of the molecule is O=C(O)C[C@H](NC(=O)OCc1ccccc1)C(=O)COC1=C(c2ccccc2)C(=O)CC1. The summed E-state index contributed by atoms with van der Waals surface area (Å²) in [6, 6.07) is 16.6. The average molecular weight is 437 g/mol. The second-order valence-electron chi connectivity index (χ2n) is 7.20. The van der Waals surface area contributed by atoms with Crippen molar-refractivity contribution in [3.63, 3.8) is 0 Å². The number of carbonyl (C=O) groups is 4. The van der Waals surface area contributed by atoms with Crippen molar-refractivity contribution in [1.29, 1.82) is 0 Å². The first kappa shape index (κ1) is 22.7. The van der Waals surface area contributed by atoms with Gasteiger partial charge in [-0.15, -0.1) is 0 Å². The molecule has 2 aromatic rings. The van der Waals surface area contributed by atoms with Gasteiger partial charge in [0, 0.05) is 12.8 Å². The Morgan fingerprint density at radius 2 is 1.62 bits per heavy atom. The minimum Gasteiger partial charge on any atom is -0.489 e. The number of hydrogen-bond donors (Lipinski definition) is 2. The molecule has 2 aromatic carbocycles. The van der Waals surface area contributed by atoms with Crippen molar-refractivity contribution in [2.45, 2.75) is 31.9 Å². The van der Waals surface area contributed by atoms with Gasteiger partial charge in [0.1, 0.15) is 25.0 Å². The number of carbonyl (C=O) groups excluding carboxylic acids is 3. The molecule has 0 aliphatic heterocycles. The van der Waals surface area contributed by atoms with E-state index in [4.69, 9.17) is 14.6 Å². The Kier molecular flexibility index (Phi) is 7.75. The van der Waals surface area contributed by atoms with Crippen LogP contribution in [0, 0.1) is 0 Å². The quantitative estimate of drug-likeness (QED) is 0.586. The van der Waals surface area contributed by atoms with Gasteiger partial charge in [-0.05, 0) is 11.1 Å². The highest BCUT2D eigenvalue weighted by Crippen LogP contribution is 2.31. The van der Waals surface area contributed by atoms with Crippen LogP contribution in [0.3, 0.4) is 0 Å². The van der Waals surface area contributed by atoms with Crippen LogP contribution in [0.15, 0.2) is 66.4 Å². The topological polar surface area (TPSA) is 119 Å². The first-order valence-corrected chi connectivity index (χ1v) is 10.1. The smallest absolute Gasteiger partial charge is 0.408 e. The van der Waals surface area contributed by atoms with Gasteiger partial charge >= 0.3 is 12.1 Å². The lowest BCUT2D eigenvalue weighted by Gasteiger charge is -2.17. The van der Waals surface area contributed by atoms with Gasteiger partial charge in [0.15, 0.2) is 11.6 Å². The van der Waals surface area contributed by atoms with Crippen molar-refractivity contribution < 1.29 is 33.8 Å². The number of alkyl carbamates (subject to hydrolysis) is 1. The molecule has 0 saturated heterocycles. The molecule has 0 saturated carbocycles. The fourth-order valence-electron chi connectivity index (χ4n) is 3.29. The highest BCUT2D eigenvalue weighted by atomic mass is 16.5. The lowest BCUT2D eigenvalue weighted by atomic mass is 10.0. The largest absolute Gasteiger partial charge is 0.489 e. The number of ketones is 2. The van der Waals surface area contributed by atoms with Gasteiger partial charge in [-0.2, -0.15) is 0 Å². The number of hydrogen-bond acceptors (Lipinski definition) is 6. The Morgan fingerprint density at radius 3 is 2.28 bits per heavy atom. The third kappa shape index (κ3) is 6.28. The van der Waals surface area contributed by atoms with Crippen LogP contribution in [-0.4, -0.2) is 41.4 Å². The summed E-state index contributed by atoms with van der Waals surface area (Å²) in [6.07, 6.45) is -0.900. The molecule has 1 aliphatic rings. The number of Topliss-reactive ketones (excluding diaryl/α,β-unsaturated/α-hetero) is 2. The monoisotopic (exact) mass is 437 g/mol. The molecule has 0 bridgehead atoms. The van der Waals surface area contributed by atoms with Crippen molar-refractivity contribution in [3.8, 4) is 0 Å². The van der Waals surface area contributed by atoms with E-state index in [2.05, 4.69) is 5.32 Å². The highest BCUT2D eigenvalue weighted by Gasteiger charge is 2.29. The third-order valence-corrected chi connectivity index (χ3v) is 4.86. The molecule has 0 radical (unpaired) electrons. The molecule has 0 fully saturated rings. The van der Waals surface area contributed by atoms with Gasteiger partial charge < -0.3 is 19.9 Å². The molecule has 2 N–H and O–H groups in total. The van der Waals surface area contributed by atoms with E-state index in [1.54, 1.807) is 48.5 Å². The van der Waals surface area contributed by atoms with Gasteiger partial charge in [0.25, 0.3) is 0 Å². The normalized spacial score (nSPS) is 14.1. The van der Waals surface area contributed by atoms with Crippen molar-refractivity contribution in [2.75, 3.05) is 6.61 Å². The summed E-state index contributed by atoms with van der Waals surface area (Å²) >= 11 is 0. The van der Waals surface area contributed by atoms with Crippen LogP contribution in [0.4, 0.5) is 4.79 Å². The molecular formula is C24H23NO7. The summed E-state index contributed by atoms with van der Waals surface area (Å²) in [5.41, 5.74) is 1.86. The number of ether oxygens (including phenoxy) is 2. The minimum atomic E-state index is -1.33. The van der Waals surface area contributed by atoms with Crippen molar-refractivity contribution >= 4 is 29.2 Å². The molecule has 0 unspecified atom stereocenters. The number of rotatable bonds is 10. The van der Waals surface area contributed by atoms with Gasteiger partial charge in [-0.1, -0.05) is 60.7 Å². The lowest BCUT2D eigenvalue weighted by molar-refractivity contribution is -0.140. The van der Waals surface area contributed by atoms with Crippen LogP contribution in [-0.2, 0) is 30.5 Å². The van der Waals surface area contributed by atoms with E-state index >= 15 is 0 Å². The maximum Gasteiger partial charge on any atom is 0.408 e. The van der Waals surface area contributed by atoms with Crippen LogP contribution in [0.5, 0.6) is 0 Å². The fourth-order valence-corrected chi connectivity index (χ4v) is 3.29. The molecule has 1 amide bonds. The maximum atomic E-state index is 12.6. The van der Waals surface area contributed by atoms with E-state index < -0.39 is 36.9 Å².